The number of hydrogen-bond donors (Lipinski definition) is 4. The number of rotatable bonds is 8. The quantitative estimate of drug-likeness (QED) is 0.354. The molecule has 0 unspecified atom stereocenters. The molecule has 0 saturated heterocycles. The molecule has 1 heterocycles. The average molecular weight is 467 g/mol. The third-order valence-electron chi connectivity index (χ3n) is 4.27. The second kappa shape index (κ2) is 8.75. The zero-order valence-corrected chi connectivity index (χ0v) is 18.4. The minimum absolute atomic E-state index is 0.0141. The van der Waals surface area contributed by atoms with Crippen molar-refractivity contribution < 1.29 is 16.8 Å². The monoisotopic (exact) mass is 466 g/mol. The van der Waals surface area contributed by atoms with E-state index in [1.165, 1.54) is 18.2 Å². The van der Waals surface area contributed by atoms with Gasteiger partial charge in [-0.05, 0) is 43.2 Å². The Morgan fingerprint density at radius 3 is 2.03 bits per heavy atom. The van der Waals surface area contributed by atoms with Gasteiger partial charge in [-0.1, -0.05) is 24.3 Å². The molecule has 0 atom stereocenters. The van der Waals surface area contributed by atoms with E-state index < -0.39 is 31.2 Å². The Bertz CT molecular complexity index is 1420. The molecule has 4 N–H and O–H groups in total. The number of hydrogen-bond acceptors (Lipinski definition) is 6. The molecule has 2 aromatic carbocycles. The van der Waals surface area contributed by atoms with Crippen molar-refractivity contribution in [1.82, 2.24) is 19.4 Å². The SMILES string of the molecule is CC(C)NS(=O)(=O)Cc1ccc(CNS(=O)(=O)c2ccc3[nH]c(=O)c(=O)[nH]c3c2)cc1. The molecule has 1 aromatic heterocycles. The maximum absolute atomic E-state index is 12.6. The fraction of sp³-hybridized carbons (Fsp3) is 0.263. The summed E-state index contributed by atoms with van der Waals surface area (Å²) in [6.45, 7) is 3.46. The number of sulfonamides is 2. The van der Waals surface area contributed by atoms with Crippen LogP contribution in [0.1, 0.15) is 25.0 Å². The van der Waals surface area contributed by atoms with E-state index in [4.69, 9.17) is 0 Å². The predicted octanol–water partition coefficient (Wildman–Crippen LogP) is 0.523. The van der Waals surface area contributed by atoms with Crippen molar-refractivity contribution in [1.29, 1.82) is 0 Å². The summed E-state index contributed by atoms with van der Waals surface area (Å²) in [7, 11) is -7.35. The lowest BCUT2D eigenvalue weighted by Gasteiger charge is -2.10. The smallest absolute Gasteiger partial charge is 0.314 e. The highest BCUT2D eigenvalue weighted by atomic mass is 32.2. The molecular formula is C19H22N4O6S2. The Morgan fingerprint density at radius 1 is 0.839 bits per heavy atom. The topological polar surface area (TPSA) is 158 Å². The molecule has 0 spiro atoms. The number of fused-ring (bicyclic) bond motifs is 1. The summed E-state index contributed by atoms with van der Waals surface area (Å²) in [6, 6.07) is 10.3. The summed E-state index contributed by atoms with van der Waals surface area (Å²) in [5.74, 6) is -0.172. The summed E-state index contributed by atoms with van der Waals surface area (Å²) in [5.41, 5.74) is 0.0135. The van der Waals surface area contributed by atoms with E-state index in [0.29, 0.717) is 16.6 Å². The maximum atomic E-state index is 12.6. The van der Waals surface area contributed by atoms with Crippen molar-refractivity contribution in [3.63, 3.8) is 0 Å². The highest BCUT2D eigenvalue weighted by Crippen LogP contribution is 2.15. The third kappa shape index (κ3) is 5.88. The van der Waals surface area contributed by atoms with Crippen LogP contribution in [-0.2, 0) is 32.3 Å². The second-order valence-electron chi connectivity index (χ2n) is 7.29. The van der Waals surface area contributed by atoms with Gasteiger partial charge in [-0.2, -0.15) is 0 Å². The molecule has 31 heavy (non-hydrogen) atoms. The Balaban J connectivity index is 1.71. The average Bonchev–Trinajstić information content (AvgIpc) is 2.66. The van der Waals surface area contributed by atoms with Gasteiger partial charge in [0.15, 0.2) is 0 Å². The highest BCUT2D eigenvalue weighted by molar-refractivity contribution is 7.89. The molecule has 0 radical (unpaired) electrons. The molecule has 0 amide bonds. The highest BCUT2D eigenvalue weighted by Gasteiger charge is 2.16. The van der Waals surface area contributed by atoms with Gasteiger partial charge in [0.25, 0.3) is 0 Å². The number of aromatic nitrogens is 2. The van der Waals surface area contributed by atoms with Crippen LogP contribution in [0.15, 0.2) is 56.9 Å². The van der Waals surface area contributed by atoms with Gasteiger partial charge < -0.3 is 9.97 Å². The van der Waals surface area contributed by atoms with E-state index in [1.54, 1.807) is 38.1 Å². The van der Waals surface area contributed by atoms with Crippen molar-refractivity contribution in [3.8, 4) is 0 Å². The summed E-state index contributed by atoms with van der Waals surface area (Å²) >= 11 is 0. The van der Waals surface area contributed by atoms with Crippen LogP contribution in [0.4, 0.5) is 0 Å². The Labute approximate surface area is 178 Å². The summed E-state index contributed by atoms with van der Waals surface area (Å²) < 4.78 is 54.1. The van der Waals surface area contributed by atoms with E-state index in [0.717, 1.165) is 0 Å². The lowest BCUT2D eigenvalue weighted by Crippen LogP contribution is -2.31. The molecular weight excluding hydrogens is 444 g/mol. The van der Waals surface area contributed by atoms with Gasteiger partial charge >= 0.3 is 11.1 Å². The van der Waals surface area contributed by atoms with Gasteiger partial charge in [-0.25, -0.2) is 26.3 Å². The minimum atomic E-state index is -3.90. The third-order valence-corrected chi connectivity index (χ3v) is 7.21. The van der Waals surface area contributed by atoms with Crippen LogP contribution in [0.5, 0.6) is 0 Å². The lowest BCUT2D eigenvalue weighted by atomic mass is 10.1. The lowest BCUT2D eigenvalue weighted by molar-refractivity contribution is 0.569. The van der Waals surface area contributed by atoms with E-state index in [9.17, 15) is 26.4 Å². The van der Waals surface area contributed by atoms with Gasteiger partial charge in [0, 0.05) is 12.6 Å². The molecule has 12 heteroatoms. The largest absolute Gasteiger partial charge is 0.316 e. The Morgan fingerprint density at radius 2 is 1.42 bits per heavy atom. The van der Waals surface area contributed by atoms with Crippen LogP contribution in [0.3, 0.4) is 0 Å². The molecule has 3 aromatic rings. The molecule has 0 aliphatic rings. The van der Waals surface area contributed by atoms with Crippen molar-refractivity contribution in [3.05, 3.63) is 74.3 Å². The minimum Gasteiger partial charge on any atom is -0.316 e. The van der Waals surface area contributed by atoms with Crippen LogP contribution in [0.2, 0.25) is 0 Å². The molecule has 0 aliphatic carbocycles. The first-order valence-electron chi connectivity index (χ1n) is 9.29. The maximum Gasteiger partial charge on any atom is 0.314 e. The summed E-state index contributed by atoms with van der Waals surface area (Å²) in [5, 5.41) is 0. The first-order valence-corrected chi connectivity index (χ1v) is 12.4. The number of benzene rings is 2. The standard InChI is InChI=1S/C19H22N4O6S2/c1-12(2)23-30(26,27)11-14-5-3-13(4-6-14)10-20-31(28,29)15-7-8-16-17(9-15)22-19(25)18(24)21-16/h3-9,12,20,23H,10-11H2,1-2H3,(H,21,24)(H,22,25). The van der Waals surface area contributed by atoms with Crippen LogP contribution in [0, 0.1) is 0 Å². The van der Waals surface area contributed by atoms with E-state index >= 15 is 0 Å². The van der Waals surface area contributed by atoms with Crippen molar-refractivity contribution in [2.45, 2.75) is 37.1 Å². The van der Waals surface area contributed by atoms with Crippen LogP contribution >= 0.6 is 0 Å². The van der Waals surface area contributed by atoms with Gasteiger partial charge in [0.2, 0.25) is 20.0 Å². The van der Waals surface area contributed by atoms with E-state index in [-0.39, 0.29) is 28.8 Å². The van der Waals surface area contributed by atoms with Gasteiger partial charge in [0.05, 0.1) is 21.7 Å². The number of nitrogens with one attached hydrogen (secondary N) is 4. The number of aromatic amines is 2. The molecule has 166 valence electrons. The fourth-order valence-corrected chi connectivity index (χ4v) is 5.37. The normalized spacial score (nSPS) is 12.5. The summed E-state index contributed by atoms with van der Waals surface area (Å²) in [6.07, 6.45) is 0. The zero-order chi connectivity index (χ0) is 22.8. The Kier molecular flexibility index (Phi) is 6.46. The van der Waals surface area contributed by atoms with Crippen LogP contribution < -0.4 is 20.6 Å². The molecule has 10 nitrogen and oxygen atoms in total. The summed E-state index contributed by atoms with van der Waals surface area (Å²) in [4.78, 5) is 27.4. The van der Waals surface area contributed by atoms with Gasteiger partial charge in [-0.3, -0.25) is 9.59 Å². The zero-order valence-electron chi connectivity index (χ0n) is 16.8. The second-order valence-corrected chi connectivity index (χ2v) is 10.8. The van der Waals surface area contributed by atoms with Crippen LogP contribution in [0.25, 0.3) is 11.0 Å². The van der Waals surface area contributed by atoms with Crippen molar-refractivity contribution >= 4 is 31.1 Å². The van der Waals surface area contributed by atoms with E-state index in [1.807, 2.05) is 0 Å². The van der Waals surface area contributed by atoms with Crippen LogP contribution in [-0.4, -0.2) is 32.8 Å². The molecule has 0 fully saturated rings. The van der Waals surface area contributed by atoms with Crippen molar-refractivity contribution in [2.75, 3.05) is 0 Å². The van der Waals surface area contributed by atoms with Crippen molar-refractivity contribution in [2.24, 2.45) is 0 Å². The first kappa shape index (κ1) is 22.9. The predicted molar refractivity (Wildman–Crippen MR) is 117 cm³/mol. The molecule has 0 bridgehead atoms. The fourth-order valence-electron chi connectivity index (χ4n) is 2.90. The molecule has 0 saturated carbocycles. The van der Waals surface area contributed by atoms with Gasteiger partial charge in [0.1, 0.15) is 0 Å². The first-order chi connectivity index (χ1) is 14.4. The van der Waals surface area contributed by atoms with Gasteiger partial charge in [-0.15, -0.1) is 0 Å². The molecule has 0 aliphatic heterocycles. The van der Waals surface area contributed by atoms with E-state index in [2.05, 4.69) is 19.4 Å². The Hall–Kier alpha value is -2.80. The molecule has 3 rings (SSSR count). The number of H-pyrrole nitrogens is 2.